The van der Waals surface area contributed by atoms with E-state index in [-0.39, 0.29) is 29.4 Å². The van der Waals surface area contributed by atoms with Crippen LogP contribution in [0.2, 0.25) is 0 Å². The predicted molar refractivity (Wildman–Crippen MR) is 138 cm³/mol. The zero-order chi connectivity index (χ0) is 26.8. The van der Waals surface area contributed by atoms with Crippen LogP contribution in [0.4, 0.5) is 0 Å². The van der Waals surface area contributed by atoms with Crippen molar-refractivity contribution in [1.29, 1.82) is 0 Å². The van der Waals surface area contributed by atoms with Gasteiger partial charge in [-0.25, -0.2) is 8.42 Å². The van der Waals surface area contributed by atoms with E-state index < -0.39 is 33.2 Å². The van der Waals surface area contributed by atoms with Crippen molar-refractivity contribution in [3.8, 4) is 5.75 Å². The van der Waals surface area contributed by atoms with Gasteiger partial charge >= 0.3 is 5.97 Å². The summed E-state index contributed by atoms with van der Waals surface area (Å²) in [4.78, 5) is 14.9. The van der Waals surface area contributed by atoms with Gasteiger partial charge in [-0.1, -0.05) is 5.11 Å². The van der Waals surface area contributed by atoms with E-state index in [1.807, 2.05) is 20.8 Å². The van der Waals surface area contributed by atoms with Gasteiger partial charge in [0.25, 0.3) is 10.0 Å². The van der Waals surface area contributed by atoms with Crippen LogP contribution in [0.5, 0.6) is 5.75 Å². The van der Waals surface area contributed by atoms with Gasteiger partial charge in [-0.2, -0.15) is 0 Å². The van der Waals surface area contributed by atoms with Crippen LogP contribution in [0.1, 0.15) is 69.7 Å². The Kier molecular flexibility index (Phi) is 8.68. The first-order chi connectivity index (χ1) is 16.0. The highest BCUT2D eigenvalue weighted by molar-refractivity contribution is 7.92. The lowest BCUT2D eigenvalue weighted by atomic mass is 9.94. The van der Waals surface area contributed by atoms with Gasteiger partial charge in [0.2, 0.25) is 0 Å². The van der Waals surface area contributed by atoms with Crippen molar-refractivity contribution in [2.24, 2.45) is 5.11 Å². The maximum atomic E-state index is 13.3. The third-order valence-corrected chi connectivity index (χ3v) is 7.60. The Balaban J connectivity index is 2.11. The average molecular weight is 526 g/mol. The number of hydrogen-bond acceptors (Lipinski definition) is 7. The number of azide groups is 1. The number of rotatable bonds is 8. The summed E-state index contributed by atoms with van der Waals surface area (Å²) in [7, 11) is -4.00. The Morgan fingerprint density at radius 2 is 1.89 bits per heavy atom. The van der Waals surface area contributed by atoms with Gasteiger partial charge in [0, 0.05) is 29.9 Å². The quantitative estimate of drug-likeness (QED) is 0.170. The number of ether oxygens (including phenoxy) is 2. The number of hydrogen-bond donors (Lipinski definition) is 2. The van der Waals surface area contributed by atoms with E-state index in [0.717, 1.165) is 16.9 Å². The van der Waals surface area contributed by atoms with Crippen LogP contribution in [0.15, 0.2) is 10.0 Å². The smallest absolute Gasteiger partial charge is 0.306 e. The van der Waals surface area contributed by atoms with Gasteiger partial charge in [0.05, 0.1) is 10.9 Å². The molecule has 10 nitrogen and oxygen atoms in total. The zero-order valence-electron chi connectivity index (χ0n) is 21.6. The topological polar surface area (TPSA) is 142 Å². The number of benzene rings is 1. The fourth-order valence-corrected chi connectivity index (χ4v) is 5.93. The summed E-state index contributed by atoms with van der Waals surface area (Å²) in [6.45, 7) is 14.7. The molecular weight excluding hydrogens is 490 g/mol. The fraction of sp³-hybridized carbons (Fsp3) is 0.652. The molecule has 0 saturated heterocycles. The summed E-state index contributed by atoms with van der Waals surface area (Å²) in [5.41, 5.74) is 10.7. The predicted octanol–water partition coefficient (Wildman–Crippen LogP) is 4.28. The van der Waals surface area contributed by atoms with Crippen molar-refractivity contribution in [3.05, 3.63) is 32.7 Å². The van der Waals surface area contributed by atoms with Gasteiger partial charge < -0.3 is 14.8 Å². The lowest BCUT2D eigenvalue weighted by Gasteiger charge is -2.21. The lowest BCUT2D eigenvalue weighted by Crippen LogP contribution is -2.42. The summed E-state index contributed by atoms with van der Waals surface area (Å²) >= 11 is 5.21. The molecule has 1 aromatic carbocycles. The first-order valence-corrected chi connectivity index (χ1v) is 13.2. The third kappa shape index (κ3) is 7.46. The Morgan fingerprint density at radius 3 is 2.46 bits per heavy atom. The van der Waals surface area contributed by atoms with Crippen LogP contribution in [0.3, 0.4) is 0 Å². The molecule has 194 valence electrons. The Bertz CT molecular complexity index is 1170. The minimum absolute atomic E-state index is 0.0480. The molecule has 2 rings (SSSR count). The summed E-state index contributed by atoms with van der Waals surface area (Å²) < 4.78 is 40.3. The maximum absolute atomic E-state index is 13.3. The largest absolute Gasteiger partial charge is 0.487 e. The minimum Gasteiger partial charge on any atom is -0.487 e. The van der Waals surface area contributed by atoms with Crippen molar-refractivity contribution in [2.75, 3.05) is 6.54 Å². The van der Waals surface area contributed by atoms with E-state index in [4.69, 9.17) is 27.2 Å². The van der Waals surface area contributed by atoms with Gasteiger partial charge in [-0.15, -0.1) is 0 Å². The molecule has 1 atom stereocenters. The van der Waals surface area contributed by atoms with Crippen LogP contribution in [-0.2, 0) is 26.0 Å². The molecule has 0 unspecified atom stereocenters. The standard InChI is InChI=1S/C23H35N5O5S2/c1-13-14(2)20(15(3)17-11-23(7,8)33-19(13)17)35(30,31)27-21(34)25-12-16(26-28-24)9-10-18(29)32-22(4,5)6/h16H,9-12H2,1-8H3,(H2,25,27,34)/t16-/m0/s1. The molecule has 0 fully saturated rings. The first-order valence-electron chi connectivity index (χ1n) is 11.4. The van der Waals surface area contributed by atoms with E-state index in [9.17, 15) is 13.2 Å². The summed E-state index contributed by atoms with van der Waals surface area (Å²) in [5, 5.41) is 6.32. The van der Waals surface area contributed by atoms with Gasteiger partial charge in [0.15, 0.2) is 5.11 Å². The molecule has 0 spiro atoms. The highest BCUT2D eigenvalue weighted by atomic mass is 32.2. The molecule has 35 heavy (non-hydrogen) atoms. The van der Waals surface area contributed by atoms with Crippen LogP contribution >= 0.6 is 12.2 Å². The molecule has 0 bridgehead atoms. The van der Waals surface area contributed by atoms with Crippen LogP contribution in [-0.4, -0.2) is 43.3 Å². The number of carbonyl (C=O) groups excluding carboxylic acids is 1. The highest BCUT2D eigenvalue weighted by Crippen LogP contribution is 2.43. The molecule has 2 N–H and O–H groups in total. The third-order valence-electron chi connectivity index (χ3n) is 5.60. The van der Waals surface area contributed by atoms with Crippen molar-refractivity contribution in [2.45, 2.75) is 96.8 Å². The van der Waals surface area contributed by atoms with Crippen molar-refractivity contribution in [3.63, 3.8) is 0 Å². The van der Waals surface area contributed by atoms with E-state index >= 15 is 0 Å². The number of nitrogens with zero attached hydrogens (tertiary/aromatic N) is 3. The van der Waals surface area contributed by atoms with Gasteiger partial charge in [-0.3, -0.25) is 9.52 Å². The maximum Gasteiger partial charge on any atom is 0.306 e. The number of nitrogens with one attached hydrogen (secondary N) is 2. The van der Waals surface area contributed by atoms with E-state index in [1.165, 1.54) is 0 Å². The number of esters is 1. The molecule has 1 aliphatic heterocycles. The van der Waals surface area contributed by atoms with Crippen LogP contribution in [0, 0.1) is 20.8 Å². The normalized spacial score (nSPS) is 15.3. The lowest BCUT2D eigenvalue weighted by molar-refractivity contribution is -0.155. The second kappa shape index (κ2) is 10.6. The Morgan fingerprint density at radius 1 is 1.26 bits per heavy atom. The molecule has 0 amide bonds. The summed E-state index contributed by atoms with van der Waals surface area (Å²) in [5.74, 6) is 0.329. The zero-order valence-corrected chi connectivity index (χ0v) is 23.2. The second-order valence-electron chi connectivity index (χ2n) is 10.3. The van der Waals surface area contributed by atoms with Crippen molar-refractivity contribution < 1.29 is 22.7 Å². The monoisotopic (exact) mass is 525 g/mol. The second-order valence-corrected chi connectivity index (χ2v) is 12.4. The highest BCUT2D eigenvalue weighted by Gasteiger charge is 2.36. The summed E-state index contributed by atoms with van der Waals surface area (Å²) in [6.07, 6.45) is 0.873. The molecule has 1 heterocycles. The number of sulfonamides is 1. The molecule has 0 aliphatic carbocycles. The number of thiocarbonyl (C=S) groups is 1. The van der Waals surface area contributed by atoms with E-state index in [1.54, 1.807) is 34.6 Å². The minimum atomic E-state index is -4.00. The molecule has 1 aliphatic rings. The molecule has 0 aromatic heterocycles. The van der Waals surface area contributed by atoms with Crippen LogP contribution in [0.25, 0.3) is 10.4 Å². The summed E-state index contributed by atoms with van der Waals surface area (Å²) in [6, 6.07) is -0.625. The first kappa shape index (κ1) is 28.7. The molecular formula is C23H35N5O5S2. The molecule has 0 radical (unpaired) electrons. The Hall–Kier alpha value is -2.56. The SMILES string of the molecule is Cc1c(C)c(S(=O)(=O)NC(=S)NC[C@H](CCC(=O)OC(C)(C)C)N=[N+]=[N-])c(C)c2c1OC(C)(C)C2. The Labute approximate surface area is 212 Å². The van der Waals surface area contributed by atoms with Crippen molar-refractivity contribution >= 4 is 33.3 Å². The van der Waals surface area contributed by atoms with Crippen molar-refractivity contribution in [1.82, 2.24) is 10.0 Å². The average Bonchev–Trinajstić information content (AvgIpc) is 3.02. The molecule has 0 saturated carbocycles. The van der Waals surface area contributed by atoms with Gasteiger partial charge in [-0.05, 0) is 96.3 Å². The van der Waals surface area contributed by atoms with E-state index in [0.29, 0.717) is 17.5 Å². The number of fused-ring (bicyclic) bond motifs is 1. The van der Waals surface area contributed by atoms with Gasteiger partial charge in [0.1, 0.15) is 17.0 Å². The van der Waals surface area contributed by atoms with Crippen LogP contribution < -0.4 is 14.8 Å². The fourth-order valence-electron chi connectivity index (χ4n) is 4.02. The van der Waals surface area contributed by atoms with E-state index in [2.05, 4.69) is 20.1 Å². The molecule has 12 heteroatoms. The molecule has 1 aromatic rings. The number of carbonyl (C=O) groups is 1.